The van der Waals surface area contributed by atoms with Crippen LogP contribution in [0.4, 0.5) is 0 Å². The van der Waals surface area contributed by atoms with E-state index in [1.165, 1.54) is 0 Å². The summed E-state index contributed by atoms with van der Waals surface area (Å²) >= 11 is 0. The van der Waals surface area contributed by atoms with Crippen molar-refractivity contribution in [2.24, 2.45) is 17.3 Å². The molecule has 21 heavy (non-hydrogen) atoms. The molecule has 0 amide bonds. The highest BCUT2D eigenvalue weighted by molar-refractivity contribution is 6.00. The average molecular weight is 288 g/mol. The fourth-order valence-electron chi connectivity index (χ4n) is 3.32. The van der Waals surface area contributed by atoms with Crippen LogP contribution in [0.25, 0.3) is 0 Å². The van der Waals surface area contributed by atoms with Crippen LogP contribution in [0, 0.1) is 17.3 Å². The highest BCUT2D eigenvalue weighted by atomic mass is 16.5. The topological polar surface area (TPSA) is 43.4 Å². The number of carbonyl (C=O) groups excluding carboxylic acids is 2. The zero-order valence-corrected chi connectivity index (χ0v) is 13.3. The van der Waals surface area contributed by atoms with Crippen LogP contribution in [0.2, 0.25) is 0 Å². The average Bonchev–Trinajstić information content (AvgIpc) is 2.85. The van der Waals surface area contributed by atoms with Crippen molar-refractivity contribution in [3.63, 3.8) is 0 Å². The van der Waals surface area contributed by atoms with E-state index in [1.54, 1.807) is 6.08 Å². The van der Waals surface area contributed by atoms with Crippen LogP contribution in [0.3, 0.4) is 0 Å². The molecule has 0 N–H and O–H groups in total. The minimum atomic E-state index is -0.386. The van der Waals surface area contributed by atoms with Gasteiger partial charge in [0.05, 0.1) is 12.3 Å². The Labute approximate surface area is 126 Å². The Balaban J connectivity index is 2.05. The third-order valence-corrected chi connectivity index (χ3v) is 4.84. The summed E-state index contributed by atoms with van der Waals surface area (Å²) in [4.78, 5) is 24.3. The van der Waals surface area contributed by atoms with Crippen molar-refractivity contribution in [2.45, 2.75) is 46.6 Å². The molecule has 3 nitrogen and oxygen atoms in total. The van der Waals surface area contributed by atoms with Crippen molar-refractivity contribution in [1.82, 2.24) is 0 Å². The molecule has 0 heterocycles. The van der Waals surface area contributed by atoms with E-state index in [-0.39, 0.29) is 41.5 Å². The van der Waals surface area contributed by atoms with Gasteiger partial charge < -0.3 is 4.74 Å². The van der Waals surface area contributed by atoms with Gasteiger partial charge in [0.1, 0.15) is 6.10 Å². The van der Waals surface area contributed by atoms with E-state index in [1.807, 2.05) is 19.9 Å². The van der Waals surface area contributed by atoms with E-state index in [2.05, 4.69) is 26.5 Å². The third-order valence-electron chi connectivity index (χ3n) is 4.84. The van der Waals surface area contributed by atoms with Crippen LogP contribution < -0.4 is 0 Å². The lowest BCUT2D eigenvalue weighted by molar-refractivity contribution is -0.150. The summed E-state index contributed by atoms with van der Waals surface area (Å²) in [6.07, 6.45) is 6.20. The molecule has 2 rings (SSSR count). The van der Waals surface area contributed by atoms with Gasteiger partial charge in [0.25, 0.3) is 0 Å². The summed E-state index contributed by atoms with van der Waals surface area (Å²) in [5, 5.41) is 0. The number of rotatable bonds is 5. The first kappa shape index (κ1) is 15.7. The Morgan fingerprint density at radius 3 is 2.71 bits per heavy atom. The molecule has 3 atom stereocenters. The largest absolute Gasteiger partial charge is 0.457 e. The van der Waals surface area contributed by atoms with Gasteiger partial charge in [-0.1, -0.05) is 32.1 Å². The maximum atomic E-state index is 12.4. The molecule has 1 saturated carbocycles. The molecule has 0 aromatic rings. The van der Waals surface area contributed by atoms with Gasteiger partial charge >= 0.3 is 5.97 Å². The predicted molar refractivity (Wildman–Crippen MR) is 82.6 cm³/mol. The fourth-order valence-corrected chi connectivity index (χ4v) is 3.32. The molecule has 0 bridgehead atoms. The van der Waals surface area contributed by atoms with Gasteiger partial charge in [0.2, 0.25) is 0 Å². The van der Waals surface area contributed by atoms with Crippen LogP contribution in [0.15, 0.2) is 36.0 Å². The molecule has 0 spiro atoms. The third kappa shape index (κ3) is 2.74. The molecule has 1 fully saturated rings. The van der Waals surface area contributed by atoms with Gasteiger partial charge in [-0.2, -0.15) is 0 Å². The first-order chi connectivity index (χ1) is 9.84. The highest BCUT2D eigenvalue weighted by Gasteiger charge is 2.61. The smallest absolute Gasteiger partial charge is 0.310 e. The van der Waals surface area contributed by atoms with Crippen molar-refractivity contribution in [2.75, 3.05) is 0 Å². The van der Waals surface area contributed by atoms with Gasteiger partial charge in [-0.3, -0.25) is 9.59 Å². The molecule has 0 aromatic heterocycles. The van der Waals surface area contributed by atoms with Gasteiger partial charge in [-0.25, -0.2) is 0 Å². The second kappa shape index (κ2) is 5.63. The number of hydrogen-bond donors (Lipinski definition) is 0. The second-order valence-electron chi connectivity index (χ2n) is 6.56. The summed E-state index contributed by atoms with van der Waals surface area (Å²) in [7, 11) is 0. The molecular formula is C18H24O3. The van der Waals surface area contributed by atoms with E-state index in [9.17, 15) is 9.59 Å². The normalized spacial score (nSPS) is 30.9. The molecule has 0 aromatic carbocycles. The van der Waals surface area contributed by atoms with Crippen LogP contribution in [-0.4, -0.2) is 17.9 Å². The van der Waals surface area contributed by atoms with Crippen molar-refractivity contribution < 1.29 is 14.3 Å². The van der Waals surface area contributed by atoms with Crippen molar-refractivity contribution >= 4 is 11.8 Å². The van der Waals surface area contributed by atoms with Gasteiger partial charge in [0.15, 0.2) is 5.78 Å². The summed E-state index contributed by atoms with van der Waals surface area (Å²) in [6.45, 7) is 11.7. The van der Waals surface area contributed by atoms with Crippen molar-refractivity contribution in [3.05, 3.63) is 36.0 Å². The van der Waals surface area contributed by atoms with Crippen molar-refractivity contribution in [1.29, 1.82) is 0 Å². The summed E-state index contributed by atoms with van der Waals surface area (Å²) in [5.41, 5.74) is 1.59. The summed E-state index contributed by atoms with van der Waals surface area (Å²) in [5.74, 6) is 0.0365. The van der Waals surface area contributed by atoms with E-state index in [4.69, 9.17) is 4.74 Å². The zero-order chi connectivity index (χ0) is 15.8. The van der Waals surface area contributed by atoms with Crippen LogP contribution >= 0.6 is 0 Å². The number of ether oxygens (including phenoxy) is 1. The van der Waals surface area contributed by atoms with E-state index in [0.29, 0.717) is 6.42 Å². The molecule has 2 aliphatic carbocycles. The number of carbonyl (C=O) groups is 2. The molecular weight excluding hydrogens is 264 g/mol. The van der Waals surface area contributed by atoms with Crippen LogP contribution in [0.5, 0.6) is 0 Å². The highest BCUT2D eigenvalue weighted by Crippen LogP contribution is 2.59. The van der Waals surface area contributed by atoms with Gasteiger partial charge in [-0.05, 0) is 37.2 Å². The lowest BCUT2D eigenvalue weighted by atomic mass is 10.1. The fraction of sp³-hybridized carbons (Fsp3) is 0.556. The quantitative estimate of drug-likeness (QED) is 0.573. The van der Waals surface area contributed by atoms with E-state index >= 15 is 0 Å². The number of Topliss-reactive ketones (excluding diaryl/α,β-unsaturated/α-hetero) is 1. The van der Waals surface area contributed by atoms with Crippen molar-refractivity contribution in [3.8, 4) is 0 Å². The zero-order valence-electron chi connectivity index (χ0n) is 13.3. The summed E-state index contributed by atoms with van der Waals surface area (Å²) in [6, 6.07) is 0. The first-order valence-electron chi connectivity index (χ1n) is 7.51. The number of esters is 1. The van der Waals surface area contributed by atoms with Crippen LogP contribution in [0.1, 0.15) is 40.5 Å². The monoisotopic (exact) mass is 288 g/mol. The van der Waals surface area contributed by atoms with Crippen LogP contribution in [-0.2, 0) is 14.3 Å². The van der Waals surface area contributed by atoms with E-state index < -0.39 is 0 Å². The molecule has 0 radical (unpaired) electrons. The molecule has 2 aliphatic rings. The maximum absolute atomic E-state index is 12.4. The standard InChI is InChI=1S/C18H24O3/c1-6-8-12-11(3)15(10-14(12)19)21-17(20)16-13(9-7-2)18(16,4)5/h6-7,9,13,15-16H,1,8,10H2,2-5H3/b9-7+. The number of ketones is 1. The summed E-state index contributed by atoms with van der Waals surface area (Å²) < 4.78 is 5.62. The number of hydrogen-bond acceptors (Lipinski definition) is 3. The Bertz CT molecular complexity index is 537. The maximum Gasteiger partial charge on any atom is 0.310 e. The molecule has 3 unspecified atom stereocenters. The molecule has 0 saturated heterocycles. The minimum absolute atomic E-state index is 0.0478. The minimum Gasteiger partial charge on any atom is -0.457 e. The van der Waals surface area contributed by atoms with Gasteiger partial charge in [-0.15, -0.1) is 6.58 Å². The SMILES string of the molecule is C=CCC1=C(C)C(OC(=O)C2C(/C=C/C)C2(C)C)CC1=O. The Morgan fingerprint density at radius 1 is 1.48 bits per heavy atom. The lowest BCUT2D eigenvalue weighted by Crippen LogP contribution is -2.20. The lowest BCUT2D eigenvalue weighted by Gasteiger charge is -2.13. The molecule has 0 aliphatic heterocycles. The Hall–Kier alpha value is -1.64. The Kier molecular flexibility index (Phi) is 4.22. The van der Waals surface area contributed by atoms with E-state index in [0.717, 1.165) is 11.1 Å². The predicted octanol–water partition coefficient (Wildman–Crippen LogP) is 3.61. The second-order valence-corrected chi connectivity index (χ2v) is 6.56. The molecule has 114 valence electrons. The Morgan fingerprint density at radius 2 is 2.14 bits per heavy atom. The molecule has 3 heteroatoms. The van der Waals surface area contributed by atoms with Gasteiger partial charge in [0, 0.05) is 5.57 Å². The first-order valence-corrected chi connectivity index (χ1v) is 7.51. The number of allylic oxidation sites excluding steroid dienone is 4.